The van der Waals surface area contributed by atoms with Gasteiger partial charge in [-0.2, -0.15) is 0 Å². The van der Waals surface area contributed by atoms with Crippen LogP contribution in [0.15, 0.2) is 12.2 Å². The zero-order valence-corrected chi connectivity index (χ0v) is 10.6. The van der Waals surface area contributed by atoms with E-state index in [0.717, 1.165) is 18.6 Å². The van der Waals surface area contributed by atoms with E-state index in [1.807, 2.05) is 13.8 Å². The summed E-state index contributed by atoms with van der Waals surface area (Å²) in [5.41, 5.74) is -0.277. The maximum absolute atomic E-state index is 11.4. The molecule has 0 fully saturated rings. The highest BCUT2D eigenvalue weighted by Gasteiger charge is 2.26. The van der Waals surface area contributed by atoms with Crippen molar-refractivity contribution in [2.75, 3.05) is 0 Å². The maximum Gasteiger partial charge on any atom is 0.244 e. The fourth-order valence-corrected chi connectivity index (χ4v) is 1.89. The Balaban J connectivity index is 4.37. The molecule has 0 unspecified atom stereocenters. The van der Waals surface area contributed by atoms with Gasteiger partial charge in [0, 0.05) is 11.6 Å². The van der Waals surface area contributed by atoms with Gasteiger partial charge in [-0.15, -0.1) is 0 Å². The van der Waals surface area contributed by atoms with Gasteiger partial charge in [0.2, 0.25) is 5.91 Å². The summed E-state index contributed by atoms with van der Waals surface area (Å²) in [4.78, 5) is 21.5. The molecule has 0 saturated heterocycles. The van der Waals surface area contributed by atoms with Crippen LogP contribution < -0.4 is 10.4 Å². The Bertz CT molecular complexity index is 298. The Morgan fingerprint density at radius 3 is 2.00 bits per heavy atom. The molecule has 0 bridgehead atoms. The van der Waals surface area contributed by atoms with Crippen LogP contribution in [0.3, 0.4) is 0 Å². The van der Waals surface area contributed by atoms with Crippen molar-refractivity contribution in [1.82, 2.24) is 5.32 Å². The Labute approximate surface area is 96.7 Å². The van der Waals surface area contributed by atoms with Crippen LogP contribution in [0.4, 0.5) is 0 Å². The van der Waals surface area contributed by atoms with Crippen LogP contribution in [0.25, 0.3) is 0 Å². The summed E-state index contributed by atoms with van der Waals surface area (Å²) in [5.74, 6) is -1.79. The standard InChI is InChI=1S/C12H21NO3/c1-11(2,3)8-12(4,5)13-9(14)6-7-10(15)16/h6-7H,8H2,1-5H3,(H,13,14)(H,15,16)/p-1. The summed E-state index contributed by atoms with van der Waals surface area (Å²) in [6, 6.07) is 0. The smallest absolute Gasteiger partial charge is 0.244 e. The number of amides is 1. The minimum absolute atomic E-state index is 0.0921. The first-order chi connectivity index (χ1) is 7.02. The van der Waals surface area contributed by atoms with Crippen molar-refractivity contribution in [3.63, 3.8) is 0 Å². The van der Waals surface area contributed by atoms with E-state index in [0.29, 0.717) is 0 Å². The van der Waals surface area contributed by atoms with Gasteiger partial charge >= 0.3 is 0 Å². The molecular formula is C12H20NO3-. The number of rotatable bonds is 4. The highest BCUT2D eigenvalue weighted by atomic mass is 16.4. The third-order valence-corrected chi connectivity index (χ3v) is 1.80. The third kappa shape index (κ3) is 8.03. The number of carboxylic acid groups (broad SMARTS) is 1. The van der Waals surface area contributed by atoms with E-state index in [-0.39, 0.29) is 11.0 Å². The highest BCUT2D eigenvalue weighted by Crippen LogP contribution is 2.26. The Morgan fingerprint density at radius 1 is 1.12 bits per heavy atom. The van der Waals surface area contributed by atoms with Crippen LogP contribution in [0.5, 0.6) is 0 Å². The molecule has 0 heterocycles. The van der Waals surface area contributed by atoms with Gasteiger partial charge in [-0.25, -0.2) is 0 Å². The Morgan fingerprint density at radius 2 is 1.62 bits per heavy atom. The van der Waals surface area contributed by atoms with Crippen molar-refractivity contribution in [2.24, 2.45) is 5.41 Å². The molecule has 0 aromatic heterocycles. The van der Waals surface area contributed by atoms with Crippen LogP contribution in [0, 0.1) is 5.41 Å². The number of hydrogen-bond donors (Lipinski definition) is 1. The Hall–Kier alpha value is -1.32. The maximum atomic E-state index is 11.4. The molecule has 0 rings (SSSR count). The second-order valence-corrected chi connectivity index (χ2v) is 5.76. The number of carbonyl (C=O) groups is 2. The van der Waals surface area contributed by atoms with Crippen LogP contribution >= 0.6 is 0 Å². The van der Waals surface area contributed by atoms with Gasteiger partial charge < -0.3 is 15.2 Å². The summed E-state index contributed by atoms with van der Waals surface area (Å²) >= 11 is 0. The quantitative estimate of drug-likeness (QED) is 0.714. The number of carbonyl (C=O) groups excluding carboxylic acids is 2. The van der Waals surface area contributed by atoms with Gasteiger partial charge in [0.1, 0.15) is 0 Å². The van der Waals surface area contributed by atoms with Crippen molar-refractivity contribution in [2.45, 2.75) is 46.6 Å². The predicted octanol–water partition coefficient (Wildman–Crippen LogP) is 0.623. The first kappa shape index (κ1) is 14.7. The van der Waals surface area contributed by atoms with Crippen LogP contribution in [-0.4, -0.2) is 17.4 Å². The van der Waals surface area contributed by atoms with Gasteiger partial charge in [0.15, 0.2) is 0 Å². The first-order valence-corrected chi connectivity index (χ1v) is 5.23. The summed E-state index contributed by atoms with van der Waals surface area (Å²) < 4.78 is 0. The van der Waals surface area contributed by atoms with Gasteiger partial charge in [0.25, 0.3) is 0 Å². The molecule has 0 aliphatic rings. The Kier molecular flexibility index (Phi) is 4.72. The molecule has 0 aromatic carbocycles. The SMILES string of the molecule is CC(C)(C)CC(C)(C)NC(=O)C=CC(=O)[O-]. The summed E-state index contributed by atoms with van der Waals surface area (Å²) in [5, 5.41) is 12.9. The van der Waals surface area contributed by atoms with E-state index in [9.17, 15) is 14.7 Å². The van der Waals surface area contributed by atoms with Gasteiger partial charge in [0.05, 0.1) is 5.97 Å². The van der Waals surface area contributed by atoms with E-state index in [1.165, 1.54) is 0 Å². The van der Waals surface area contributed by atoms with Gasteiger partial charge in [-0.3, -0.25) is 4.79 Å². The number of hydrogen-bond acceptors (Lipinski definition) is 3. The zero-order chi connectivity index (χ0) is 13.0. The first-order valence-electron chi connectivity index (χ1n) is 5.23. The molecule has 4 heteroatoms. The predicted molar refractivity (Wildman–Crippen MR) is 60.4 cm³/mol. The number of carboxylic acids is 1. The van der Waals surface area contributed by atoms with E-state index >= 15 is 0 Å². The monoisotopic (exact) mass is 226 g/mol. The summed E-state index contributed by atoms with van der Waals surface area (Å²) in [6.45, 7) is 10.1. The van der Waals surface area contributed by atoms with Crippen molar-refractivity contribution in [3.8, 4) is 0 Å². The molecule has 0 saturated carbocycles. The molecule has 0 radical (unpaired) electrons. The number of nitrogens with one attached hydrogen (secondary N) is 1. The van der Waals surface area contributed by atoms with Crippen molar-refractivity contribution < 1.29 is 14.7 Å². The summed E-state index contributed by atoms with van der Waals surface area (Å²) in [7, 11) is 0. The number of aliphatic carboxylic acids is 1. The molecule has 0 aliphatic heterocycles. The normalized spacial score (nSPS) is 12.8. The van der Waals surface area contributed by atoms with Crippen LogP contribution in [-0.2, 0) is 9.59 Å². The second kappa shape index (κ2) is 5.14. The van der Waals surface area contributed by atoms with E-state index in [4.69, 9.17) is 0 Å². The summed E-state index contributed by atoms with van der Waals surface area (Å²) in [6.07, 6.45) is 2.49. The molecule has 0 aliphatic carbocycles. The molecule has 0 atom stereocenters. The third-order valence-electron chi connectivity index (χ3n) is 1.80. The van der Waals surface area contributed by atoms with E-state index < -0.39 is 11.9 Å². The average molecular weight is 226 g/mol. The molecule has 0 spiro atoms. The van der Waals surface area contributed by atoms with Gasteiger partial charge in [-0.1, -0.05) is 20.8 Å². The minimum Gasteiger partial charge on any atom is -0.545 e. The fraction of sp³-hybridized carbons (Fsp3) is 0.667. The van der Waals surface area contributed by atoms with Crippen molar-refractivity contribution >= 4 is 11.9 Å². The van der Waals surface area contributed by atoms with Crippen molar-refractivity contribution in [3.05, 3.63) is 12.2 Å². The van der Waals surface area contributed by atoms with Crippen molar-refractivity contribution in [1.29, 1.82) is 0 Å². The van der Waals surface area contributed by atoms with E-state index in [2.05, 4.69) is 26.1 Å². The second-order valence-electron chi connectivity index (χ2n) is 5.76. The zero-order valence-electron chi connectivity index (χ0n) is 10.6. The average Bonchev–Trinajstić information content (AvgIpc) is 1.94. The molecule has 16 heavy (non-hydrogen) atoms. The molecule has 4 nitrogen and oxygen atoms in total. The van der Waals surface area contributed by atoms with E-state index in [1.54, 1.807) is 0 Å². The molecule has 0 aromatic rings. The van der Waals surface area contributed by atoms with Crippen LogP contribution in [0.1, 0.15) is 41.0 Å². The molecule has 92 valence electrons. The topological polar surface area (TPSA) is 69.2 Å². The van der Waals surface area contributed by atoms with Gasteiger partial charge in [-0.05, 0) is 31.8 Å². The molecule has 1 amide bonds. The largest absolute Gasteiger partial charge is 0.545 e. The molecular weight excluding hydrogens is 206 g/mol. The lowest BCUT2D eigenvalue weighted by Gasteiger charge is -2.32. The lowest BCUT2D eigenvalue weighted by Crippen LogP contribution is -2.45. The lowest BCUT2D eigenvalue weighted by atomic mass is 9.82. The minimum atomic E-state index is -1.37. The fourth-order valence-electron chi connectivity index (χ4n) is 1.89. The molecule has 1 N–H and O–H groups in total. The van der Waals surface area contributed by atoms with Crippen LogP contribution in [0.2, 0.25) is 0 Å². The highest BCUT2D eigenvalue weighted by molar-refractivity contribution is 5.93. The lowest BCUT2D eigenvalue weighted by molar-refractivity contribution is -0.297.